The number of pyridine rings is 1. The van der Waals surface area contributed by atoms with Crippen LogP contribution in [0.2, 0.25) is 0 Å². The van der Waals surface area contributed by atoms with Gasteiger partial charge < -0.3 is 11.1 Å². The van der Waals surface area contributed by atoms with Crippen LogP contribution in [0.4, 0.5) is 11.5 Å². The van der Waals surface area contributed by atoms with Gasteiger partial charge in [-0.05, 0) is 6.92 Å². The van der Waals surface area contributed by atoms with Gasteiger partial charge in [-0.1, -0.05) is 5.21 Å². The Morgan fingerprint density at radius 2 is 2.35 bits per heavy atom. The van der Waals surface area contributed by atoms with Gasteiger partial charge in [0.05, 0.1) is 16.5 Å². The molecule has 0 saturated heterocycles. The van der Waals surface area contributed by atoms with Crippen molar-refractivity contribution in [1.29, 1.82) is 0 Å². The van der Waals surface area contributed by atoms with Crippen LogP contribution < -0.4 is 11.1 Å². The van der Waals surface area contributed by atoms with Gasteiger partial charge in [-0.25, -0.2) is 4.98 Å². The number of carbonyl (C=O) groups excluding carboxylic acids is 1. The molecule has 0 aliphatic heterocycles. The number of hydrogen-bond donors (Lipinski definition) is 3. The summed E-state index contributed by atoms with van der Waals surface area (Å²) in [4.78, 5) is 25.6. The Morgan fingerprint density at radius 3 is 2.95 bits per heavy atom. The third-order valence-corrected chi connectivity index (χ3v) is 2.46. The van der Waals surface area contributed by atoms with Crippen LogP contribution in [0, 0.1) is 10.1 Å². The number of aromatic amines is 1. The van der Waals surface area contributed by atoms with E-state index >= 15 is 0 Å². The van der Waals surface area contributed by atoms with Crippen molar-refractivity contribution < 1.29 is 9.72 Å². The Bertz CT molecular complexity index is 641. The minimum absolute atomic E-state index is 0.0884. The lowest BCUT2D eigenvalue weighted by Gasteiger charge is -2.10. The van der Waals surface area contributed by atoms with Crippen LogP contribution in [-0.2, 0) is 0 Å². The average molecular weight is 278 g/mol. The van der Waals surface area contributed by atoms with Gasteiger partial charge in [-0.3, -0.25) is 14.9 Å². The lowest BCUT2D eigenvalue weighted by molar-refractivity contribution is -0.385. The molecule has 0 fully saturated rings. The minimum atomic E-state index is -0.661. The average Bonchev–Trinajstić information content (AvgIpc) is 2.92. The zero-order valence-corrected chi connectivity index (χ0v) is 10.3. The zero-order chi connectivity index (χ0) is 14.7. The van der Waals surface area contributed by atoms with Gasteiger partial charge in [0.15, 0.2) is 5.82 Å². The summed E-state index contributed by atoms with van der Waals surface area (Å²) in [7, 11) is 0. The van der Waals surface area contributed by atoms with Crippen LogP contribution >= 0.6 is 0 Å². The molecule has 0 aliphatic rings. The van der Waals surface area contributed by atoms with Gasteiger partial charge in [-0.2, -0.15) is 5.21 Å². The molecule has 11 heteroatoms. The highest BCUT2D eigenvalue weighted by Gasteiger charge is 2.20. The molecule has 2 aromatic heterocycles. The molecule has 1 amide bonds. The summed E-state index contributed by atoms with van der Waals surface area (Å²) in [6.45, 7) is 1.63. The molecule has 11 nitrogen and oxygen atoms in total. The van der Waals surface area contributed by atoms with Crippen molar-refractivity contribution in [3.63, 3.8) is 0 Å². The lowest BCUT2D eigenvalue weighted by atomic mass is 10.2. The highest BCUT2D eigenvalue weighted by molar-refractivity contribution is 5.99. The second kappa shape index (κ2) is 5.26. The molecule has 0 aliphatic carbocycles. The third kappa shape index (κ3) is 2.66. The predicted octanol–water partition coefficient (Wildman–Crippen LogP) is -0.424. The molecule has 0 saturated carbocycles. The topological polar surface area (TPSA) is 166 Å². The standard InChI is InChI=1S/C9H10N8O3/c1-4(8-13-15-16-14-8)12-9(18)6-2-5(17(19)20)3-11-7(6)10/h2-4H,1H3,(H2,10,11)(H,12,18)(H,13,14,15,16). The Labute approximate surface area is 111 Å². The number of hydrogen-bond acceptors (Lipinski definition) is 8. The Hall–Kier alpha value is -3.11. The Morgan fingerprint density at radius 1 is 1.60 bits per heavy atom. The number of tetrazole rings is 1. The third-order valence-electron chi connectivity index (χ3n) is 2.46. The molecule has 0 radical (unpaired) electrons. The summed E-state index contributed by atoms with van der Waals surface area (Å²) < 4.78 is 0. The first-order chi connectivity index (χ1) is 9.49. The summed E-state index contributed by atoms with van der Waals surface area (Å²) in [6.07, 6.45) is 0.981. The quantitative estimate of drug-likeness (QED) is 0.500. The summed E-state index contributed by atoms with van der Waals surface area (Å²) in [6, 6.07) is 0.514. The van der Waals surface area contributed by atoms with Crippen LogP contribution in [0.25, 0.3) is 0 Å². The monoisotopic (exact) mass is 278 g/mol. The normalized spacial score (nSPS) is 11.8. The van der Waals surface area contributed by atoms with E-state index in [9.17, 15) is 14.9 Å². The molecule has 0 aromatic carbocycles. The molecule has 2 aromatic rings. The number of rotatable bonds is 4. The predicted molar refractivity (Wildman–Crippen MR) is 65.4 cm³/mol. The molecule has 104 valence electrons. The first kappa shape index (κ1) is 13.3. The molecule has 0 bridgehead atoms. The number of nitrogens with one attached hydrogen (secondary N) is 2. The number of amides is 1. The van der Waals surface area contributed by atoms with Crippen molar-refractivity contribution in [3.8, 4) is 0 Å². The van der Waals surface area contributed by atoms with E-state index in [2.05, 4.69) is 30.9 Å². The molecule has 2 heterocycles. The van der Waals surface area contributed by atoms with Gasteiger partial charge in [0.2, 0.25) is 0 Å². The van der Waals surface area contributed by atoms with Crippen molar-refractivity contribution in [2.75, 3.05) is 5.73 Å². The van der Waals surface area contributed by atoms with Crippen LogP contribution in [0.1, 0.15) is 29.1 Å². The SMILES string of the molecule is CC(NC(=O)c1cc([N+](=O)[O-])cnc1N)c1nn[nH]n1. The summed E-state index contributed by atoms with van der Waals surface area (Å²) >= 11 is 0. The fourth-order valence-electron chi connectivity index (χ4n) is 1.44. The van der Waals surface area contributed by atoms with Crippen LogP contribution in [0.3, 0.4) is 0 Å². The van der Waals surface area contributed by atoms with E-state index in [0.717, 1.165) is 12.3 Å². The number of nitrogens with two attached hydrogens (primary N) is 1. The maximum Gasteiger partial charge on any atom is 0.288 e. The Balaban J connectivity index is 2.20. The van der Waals surface area contributed by atoms with Crippen LogP contribution in [-0.4, -0.2) is 36.4 Å². The van der Waals surface area contributed by atoms with E-state index in [1.54, 1.807) is 6.92 Å². The molecular formula is C9H10N8O3. The first-order valence-electron chi connectivity index (χ1n) is 5.43. The molecule has 4 N–H and O–H groups in total. The van der Waals surface area contributed by atoms with Gasteiger partial charge in [0.1, 0.15) is 12.0 Å². The smallest absolute Gasteiger partial charge is 0.288 e. The number of aromatic nitrogens is 5. The zero-order valence-electron chi connectivity index (χ0n) is 10.3. The van der Waals surface area contributed by atoms with E-state index in [4.69, 9.17) is 5.73 Å². The minimum Gasteiger partial charge on any atom is -0.383 e. The van der Waals surface area contributed by atoms with E-state index in [-0.39, 0.29) is 22.9 Å². The van der Waals surface area contributed by atoms with Crippen LogP contribution in [0.15, 0.2) is 12.3 Å². The highest BCUT2D eigenvalue weighted by Crippen LogP contribution is 2.17. The van der Waals surface area contributed by atoms with E-state index < -0.39 is 16.9 Å². The van der Waals surface area contributed by atoms with E-state index in [0.29, 0.717) is 0 Å². The van der Waals surface area contributed by atoms with Gasteiger partial charge in [0.25, 0.3) is 11.6 Å². The number of anilines is 1. The van der Waals surface area contributed by atoms with Crippen molar-refractivity contribution in [3.05, 3.63) is 33.8 Å². The molecule has 20 heavy (non-hydrogen) atoms. The molecule has 1 unspecified atom stereocenters. The molecular weight excluding hydrogens is 268 g/mol. The number of nitrogen functional groups attached to an aromatic ring is 1. The van der Waals surface area contributed by atoms with E-state index in [1.807, 2.05) is 0 Å². The highest BCUT2D eigenvalue weighted by atomic mass is 16.6. The fourth-order valence-corrected chi connectivity index (χ4v) is 1.44. The van der Waals surface area contributed by atoms with Crippen molar-refractivity contribution in [2.45, 2.75) is 13.0 Å². The van der Waals surface area contributed by atoms with Crippen molar-refractivity contribution >= 4 is 17.4 Å². The second-order valence-corrected chi connectivity index (χ2v) is 3.85. The molecule has 2 rings (SSSR count). The van der Waals surface area contributed by atoms with Gasteiger partial charge in [-0.15, -0.1) is 10.2 Å². The van der Waals surface area contributed by atoms with Gasteiger partial charge >= 0.3 is 0 Å². The largest absolute Gasteiger partial charge is 0.383 e. The fraction of sp³-hybridized carbons (Fsp3) is 0.222. The number of H-pyrrole nitrogens is 1. The maximum atomic E-state index is 12.0. The summed E-state index contributed by atoms with van der Waals surface area (Å²) in [5.74, 6) is -0.445. The summed E-state index contributed by atoms with van der Waals surface area (Å²) in [5, 5.41) is 26.2. The van der Waals surface area contributed by atoms with Gasteiger partial charge in [0, 0.05) is 6.07 Å². The lowest BCUT2D eigenvalue weighted by Crippen LogP contribution is -2.28. The number of nitro groups is 1. The maximum absolute atomic E-state index is 12.0. The van der Waals surface area contributed by atoms with E-state index in [1.165, 1.54) is 0 Å². The van der Waals surface area contributed by atoms with Crippen LogP contribution in [0.5, 0.6) is 0 Å². The number of carbonyl (C=O) groups is 1. The summed E-state index contributed by atoms with van der Waals surface area (Å²) in [5.41, 5.74) is 5.13. The first-order valence-corrected chi connectivity index (χ1v) is 5.43. The Kier molecular flexibility index (Phi) is 3.50. The van der Waals surface area contributed by atoms with Crippen molar-refractivity contribution in [2.24, 2.45) is 0 Å². The van der Waals surface area contributed by atoms with Crippen molar-refractivity contribution in [1.82, 2.24) is 30.9 Å². The molecule has 1 atom stereocenters. The second-order valence-electron chi connectivity index (χ2n) is 3.85. The molecule has 0 spiro atoms. The number of nitrogens with zero attached hydrogens (tertiary/aromatic N) is 5.